The minimum Gasteiger partial charge on any atom is -0.299 e. The van der Waals surface area contributed by atoms with Crippen LogP contribution >= 0.6 is 34.7 Å². The molecule has 156 valence electrons. The summed E-state index contributed by atoms with van der Waals surface area (Å²) in [6, 6.07) is 11.9. The highest BCUT2D eigenvalue weighted by atomic mass is 35.5. The Morgan fingerprint density at radius 1 is 1.23 bits per heavy atom. The van der Waals surface area contributed by atoms with Crippen molar-refractivity contribution in [2.75, 3.05) is 5.75 Å². The first-order chi connectivity index (χ1) is 14.7. The molecule has 1 aromatic carbocycles. The zero-order valence-electron chi connectivity index (χ0n) is 16.3. The van der Waals surface area contributed by atoms with Crippen molar-refractivity contribution >= 4 is 46.8 Å². The Bertz CT molecular complexity index is 995. The van der Waals surface area contributed by atoms with E-state index in [9.17, 15) is 4.79 Å². The third-order valence-electron chi connectivity index (χ3n) is 4.96. The van der Waals surface area contributed by atoms with Gasteiger partial charge < -0.3 is 0 Å². The summed E-state index contributed by atoms with van der Waals surface area (Å²) in [5, 5.41) is 16.3. The molecule has 2 aromatic heterocycles. The molecular formula is C21H22ClN5OS2. The number of carbonyl (C=O) groups excluding carboxylic acids is 1. The first kappa shape index (κ1) is 21.1. The summed E-state index contributed by atoms with van der Waals surface area (Å²) in [5.41, 5.74) is 3.56. The highest BCUT2D eigenvalue weighted by Crippen LogP contribution is 2.35. The van der Waals surface area contributed by atoms with Crippen LogP contribution in [0, 0.1) is 0 Å². The predicted molar refractivity (Wildman–Crippen MR) is 123 cm³/mol. The van der Waals surface area contributed by atoms with E-state index in [0.717, 1.165) is 34.3 Å². The number of rotatable bonds is 7. The van der Waals surface area contributed by atoms with Gasteiger partial charge in [0.2, 0.25) is 0 Å². The number of hydrogen-bond acceptors (Lipinski definition) is 6. The van der Waals surface area contributed by atoms with Gasteiger partial charge in [-0.15, -0.1) is 21.5 Å². The van der Waals surface area contributed by atoms with Gasteiger partial charge in [-0.25, -0.2) is 5.43 Å². The molecule has 1 aliphatic rings. The molecule has 0 bridgehead atoms. The van der Waals surface area contributed by atoms with Crippen LogP contribution in [-0.4, -0.2) is 32.6 Å². The highest BCUT2D eigenvalue weighted by molar-refractivity contribution is 7.99. The Morgan fingerprint density at radius 3 is 2.77 bits per heavy atom. The Hall–Kier alpha value is -2.16. The van der Waals surface area contributed by atoms with Gasteiger partial charge in [0.15, 0.2) is 11.0 Å². The fourth-order valence-corrected chi connectivity index (χ4v) is 5.04. The maximum absolute atomic E-state index is 12.2. The van der Waals surface area contributed by atoms with Gasteiger partial charge in [-0.05, 0) is 48.6 Å². The maximum atomic E-state index is 12.2. The second kappa shape index (κ2) is 10.2. The molecule has 9 heteroatoms. The minimum atomic E-state index is -0.168. The summed E-state index contributed by atoms with van der Waals surface area (Å²) in [6.45, 7) is 0. The monoisotopic (exact) mass is 459 g/mol. The van der Waals surface area contributed by atoms with Crippen LogP contribution in [0.25, 0.3) is 11.4 Å². The summed E-state index contributed by atoms with van der Waals surface area (Å²) in [4.78, 5) is 13.2. The van der Waals surface area contributed by atoms with E-state index in [0.29, 0.717) is 11.1 Å². The number of amides is 1. The zero-order valence-corrected chi connectivity index (χ0v) is 18.7. The van der Waals surface area contributed by atoms with Gasteiger partial charge in [0.05, 0.1) is 12.0 Å². The molecule has 1 fully saturated rings. The van der Waals surface area contributed by atoms with Gasteiger partial charge in [0.25, 0.3) is 5.91 Å². The van der Waals surface area contributed by atoms with E-state index in [-0.39, 0.29) is 11.7 Å². The van der Waals surface area contributed by atoms with E-state index >= 15 is 0 Å². The molecule has 4 rings (SSSR count). The van der Waals surface area contributed by atoms with Gasteiger partial charge in [0, 0.05) is 21.5 Å². The SMILES string of the molecule is O=C(CSc1nnc(-c2ccc(Cl)cc2)n1C1CCCCC1)N/N=C\c1cccs1. The number of hydrogen-bond donors (Lipinski definition) is 1. The van der Waals surface area contributed by atoms with Crippen LogP contribution in [-0.2, 0) is 4.79 Å². The molecule has 6 nitrogen and oxygen atoms in total. The Labute approximate surface area is 188 Å². The zero-order chi connectivity index (χ0) is 20.8. The molecule has 2 heterocycles. The number of benzene rings is 1. The smallest absolute Gasteiger partial charge is 0.250 e. The first-order valence-electron chi connectivity index (χ1n) is 9.90. The minimum absolute atomic E-state index is 0.168. The second-order valence-corrected chi connectivity index (χ2v) is 9.43. The quantitative estimate of drug-likeness (QED) is 0.291. The first-order valence-corrected chi connectivity index (χ1v) is 12.1. The lowest BCUT2D eigenvalue weighted by Gasteiger charge is -2.25. The van der Waals surface area contributed by atoms with Crippen LogP contribution in [0.2, 0.25) is 5.02 Å². The van der Waals surface area contributed by atoms with Crippen LogP contribution < -0.4 is 5.43 Å². The number of aromatic nitrogens is 3. The van der Waals surface area contributed by atoms with E-state index in [1.54, 1.807) is 17.6 Å². The molecule has 0 spiro atoms. The Morgan fingerprint density at radius 2 is 2.03 bits per heavy atom. The second-order valence-electron chi connectivity index (χ2n) is 7.07. The largest absolute Gasteiger partial charge is 0.299 e. The molecule has 1 aliphatic carbocycles. The van der Waals surface area contributed by atoms with Crippen molar-refractivity contribution in [2.24, 2.45) is 5.10 Å². The molecule has 0 atom stereocenters. The Balaban J connectivity index is 1.48. The number of thiophene rings is 1. The van der Waals surface area contributed by atoms with E-state index in [1.807, 2.05) is 41.8 Å². The van der Waals surface area contributed by atoms with Gasteiger partial charge in [-0.3, -0.25) is 9.36 Å². The van der Waals surface area contributed by atoms with Crippen molar-refractivity contribution < 1.29 is 4.79 Å². The summed E-state index contributed by atoms with van der Waals surface area (Å²) >= 11 is 9.01. The lowest BCUT2D eigenvalue weighted by molar-refractivity contribution is -0.118. The maximum Gasteiger partial charge on any atom is 0.250 e. The molecule has 0 radical (unpaired) electrons. The fraction of sp³-hybridized carbons (Fsp3) is 0.333. The molecule has 0 unspecified atom stereocenters. The third kappa shape index (κ3) is 5.30. The van der Waals surface area contributed by atoms with Gasteiger partial charge in [0.1, 0.15) is 0 Å². The van der Waals surface area contributed by atoms with Crippen LogP contribution in [0.3, 0.4) is 0 Å². The fourth-order valence-electron chi connectivity index (χ4n) is 3.53. The summed E-state index contributed by atoms with van der Waals surface area (Å²) in [5.74, 6) is 0.893. The van der Waals surface area contributed by atoms with E-state index < -0.39 is 0 Å². The number of nitrogens with zero attached hydrogens (tertiary/aromatic N) is 4. The average molecular weight is 460 g/mol. The predicted octanol–water partition coefficient (Wildman–Crippen LogP) is 5.41. The van der Waals surface area contributed by atoms with Gasteiger partial charge in [-0.1, -0.05) is 48.7 Å². The lowest BCUT2D eigenvalue weighted by atomic mass is 9.95. The van der Waals surface area contributed by atoms with Crippen molar-refractivity contribution in [1.82, 2.24) is 20.2 Å². The number of halogens is 1. The summed E-state index contributed by atoms with van der Waals surface area (Å²) in [7, 11) is 0. The van der Waals surface area contributed by atoms with Crippen molar-refractivity contribution in [1.29, 1.82) is 0 Å². The third-order valence-corrected chi connectivity index (χ3v) is 6.97. The highest BCUT2D eigenvalue weighted by Gasteiger charge is 2.24. The van der Waals surface area contributed by atoms with Crippen molar-refractivity contribution in [2.45, 2.75) is 43.3 Å². The van der Waals surface area contributed by atoms with Crippen molar-refractivity contribution in [3.63, 3.8) is 0 Å². The topological polar surface area (TPSA) is 72.2 Å². The van der Waals surface area contributed by atoms with Crippen LogP contribution in [0.5, 0.6) is 0 Å². The molecule has 30 heavy (non-hydrogen) atoms. The number of hydrazone groups is 1. The standard InChI is InChI=1S/C21H22ClN5OS2/c22-16-10-8-15(9-11-16)20-25-26-21(27(20)17-5-2-1-3-6-17)30-14-19(28)24-23-13-18-7-4-12-29-18/h4,7-13,17H,1-3,5-6,14H2,(H,24,28)/b23-13-. The van der Waals surface area contributed by atoms with Crippen LogP contribution in [0.15, 0.2) is 52.0 Å². The molecule has 0 aliphatic heterocycles. The van der Waals surface area contributed by atoms with Gasteiger partial charge in [-0.2, -0.15) is 5.10 Å². The van der Waals surface area contributed by atoms with Crippen LogP contribution in [0.4, 0.5) is 0 Å². The molecule has 0 saturated heterocycles. The molecule has 1 saturated carbocycles. The van der Waals surface area contributed by atoms with E-state index in [2.05, 4.69) is 25.3 Å². The average Bonchev–Trinajstić information content (AvgIpc) is 3.43. The number of thioether (sulfide) groups is 1. The van der Waals surface area contributed by atoms with E-state index in [1.165, 1.54) is 31.0 Å². The normalized spacial score (nSPS) is 15.0. The molecule has 1 N–H and O–H groups in total. The van der Waals surface area contributed by atoms with Crippen LogP contribution in [0.1, 0.15) is 43.0 Å². The van der Waals surface area contributed by atoms with Crippen molar-refractivity contribution in [3.05, 3.63) is 51.7 Å². The summed E-state index contributed by atoms with van der Waals surface area (Å²) < 4.78 is 2.20. The summed E-state index contributed by atoms with van der Waals surface area (Å²) in [6.07, 6.45) is 7.52. The number of carbonyl (C=O) groups is 1. The van der Waals surface area contributed by atoms with Gasteiger partial charge >= 0.3 is 0 Å². The molecular weight excluding hydrogens is 438 g/mol. The number of nitrogens with one attached hydrogen (secondary N) is 1. The van der Waals surface area contributed by atoms with Crippen molar-refractivity contribution in [3.8, 4) is 11.4 Å². The van der Waals surface area contributed by atoms with E-state index in [4.69, 9.17) is 11.6 Å². The lowest BCUT2D eigenvalue weighted by Crippen LogP contribution is -2.20. The Kier molecular flexibility index (Phi) is 7.20. The molecule has 1 amide bonds. The molecule has 3 aromatic rings.